The van der Waals surface area contributed by atoms with Crippen molar-refractivity contribution in [3.8, 4) is 5.75 Å². The first kappa shape index (κ1) is 26.4. The Morgan fingerprint density at radius 3 is 2.05 bits per heavy atom. The predicted molar refractivity (Wildman–Crippen MR) is 148 cm³/mol. The van der Waals surface area contributed by atoms with E-state index >= 15 is 0 Å². The first-order chi connectivity index (χ1) is 18.4. The van der Waals surface area contributed by atoms with E-state index in [9.17, 15) is 13.2 Å². The molecule has 1 atom stereocenters. The number of ether oxygens (including phenoxy) is 1. The van der Waals surface area contributed by atoms with Crippen molar-refractivity contribution >= 4 is 15.9 Å². The van der Waals surface area contributed by atoms with Crippen LogP contribution in [0.1, 0.15) is 35.6 Å². The number of rotatable bonds is 7. The van der Waals surface area contributed by atoms with Gasteiger partial charge >= 0.3 is 0 Å². The number of carbonyl (C=O) groups is 1. The number of nitrogens with zero attached hydrogens (tertiary/aromatic N) is 3. The summed E-state index contributed by atoms with van der Waals surface area (Å²) in [6.07, 6.45) is 1.21. The van der Waals surface area contributed by atoms with Gasteiger partial charge in [-0.25, -0.2) is 8.42 Å². The zero-order valence-corrected chi connectivity index (χ0v) is 22.8. The number of hydrogen-bond donors (Lipinski definition) is 0. The molecule has 200 valence electrons. The molecule has 0 spiro atoms. The van der Waals surface area contributed by atoms with Gasteiger partial charge < -0.3 is 9.64 Å². The Labute approximate surface area is 225 Å². The van der Waals surface area contributed by atoms with Crippen LogP contribution in [0.15, 0.2) is 83.8 Å². The molecule has 0 aromatic heterocycles. The maximum Gasteiger partial charge on any atom is 0.244 e. The van der Waals surface area contributed by atoms with Gasteiger partial charge in [0.2, 0.25) is 15.9 Å². The van der Waals surface area contributed by atoms with E-state index in [1.807, 2.05) is 17.0 Å². The molecule has 7 nitrogen and oxygen atoms in total. The second-order valence-corrected chi connectivity index (χ2v) is 11.8. The fraction of sp³-hybridized carbons (Fsp3) is 0.367. The molecule has 0 aliphatic carbocycles. The molecule has 38 heavy (non-hydrogen) atoms. The van der Waals surface area contributed by atoms with Crippen molar-refractivity contribution in [2.75, 3.05) is 39.8 Å². The van der Waals surface area contributed by atoms with Crippen LogP contribution in [0.5, 0.6) is 5.75 Å². The minimum Gasteiger partial charge on any atom is -0.497 e. The average molecular weight is 534 g/mol. The van der Waals surface area contributed by atoms with E-state index in [1.54, 1.807) is 25.1 Å². The molecule has 0 bridgehead atoms. The van der Waals surface area contributed by atoms with Crippen molar-refractivity contribution < 1.29 is 17.9 Å². The van der Waals surface area contributed by atoms with Crippen molar-refractivity contribution in [3.63, 3.8) is 0 Å². The van der Waals surface area contributed by atoms with Gasteiger partial charge in [-0.15, -0.1) is 0 Å². The minimum absolute atomic E-state index is 0.0951. The third-order valence-electron chi connectivity index (χ3n) is 7.69. The second kappa shape index (κ2) is 11.3. The fourth-order valence-corrected chi connectivity index (χ4v) is 7.57. The Balaban J connectivity index is 1.32. The Morgan fingerprint density at radius 1 is 0.868 bits per heavy atom. The summed E-state index contributed by atoms with van der Waals surface area (Å²) in [6, 6.07) is 25.4. The number of piperazine rings is 1. The summed E-state index contributed by atoms with van der Waals surface area (Å²) in [5, 5.41) is 0. The van der Waals surface area contributed by atoms with Crippen LogP contribution in [0.25, 0.3) is 0 Å². The highest BCUT2D eigenvalue weighted by Gasteiger charge is 2.42. The summed E-state index contributed by atoms with van der Waals surface area (Å²) >= 11 is 0. The van der Waals surface area contributed by atoms with Gasteiger partial charge in [0.25, 0.3) is 0 Å². The molecule has 3 aromatic rings. The number of methoxy groups -OCH3 is 1. The third-order valence-corrected chi connectivity index (χ3v) is 9.74. The van der Waals surface area contributed by atoms with Crippen LogP contribution >= 0.6 is 0 Å². The van der Waals surface area contributed by atoms with Gasteiger partial charge in [0, 0.05) is 38.8 Å². The number of amides is 1. The van der Waals surface area contributed by atoms with Gasteiger partial charge in [-0.3, -0.25) is 9.69 Å². The van der Waals surface area contributed by atoms with E-state index in [0.717, 1.165) is 0 Å². The lowest BCUT2D eigenvalue weighted by atomic mass is 9.96. The summed E-state index contributed by atoms with van der Waals surface area (Å²) in [7, 11) is -2.32. The highest BCUT2D eigenvalue weighted by Crippen LogP contribution is 2.33. The van der Waals surface area contributed by atoms with Gasteiger partial charge in [0.1, 0.15) is 11.8 Å². The average Bonchev–Trinajstić information content (AvgIpc) is 3.46. The van der Waals surface area contributed by atoms with Crippen LogP contribution in [0.2, 0.25) is 0 Å². The quantitative estimate of drug-likeness (QED) is 0.458. The minimum atomic E-state index is -3.84. The number of carbonyl (C=O) groups excluding carboxylic acids is 1. The molecule has 5 rings (SSSR count). The molecule has 2 aliphatic heterocycles. The van der Waals surface area contributed by atoms with Crippen molar-refractivity contribution in [2.24, 2.45) is 0 Å². The SMILES string of the molecule is COc1ccc(C)c(S(=O)(=O)N2CCCC2C(=O)N2CCN(C(c3ccccc3)c3ccccc3)CC2)c1. The maximum atomic E-state index is 13.7. The number of aryl methyl sites for hydroxylation is 1. The van der Waals surface area contributed by atoms with Crippen LogP contribution < -0.4 is 4.74 Å². The standard InChI is InChI=1S/C30H35N3O4S/c1-23-15-16-26(37-2)22-28(23)38(35,36)33-17-9-14-27(33)30(34)32-20-18-31(19-21-32)29(24-10-5-3-6-11-24)25-12-7-4-8-13-25/h3-8,10-13,15-16,22,27,29H,9,14,17-21H2,1-2H3. The summed E-state index contributed by atoms with van der Waals surface area (Å²) in [4.78, 5) is 18.2. The van der Waals surface area contributed by atoms with Gasteiger partial charge in [-0.1, -0.05) is 66.7 Å². The molecule has 0 N–H and O–H groups in total. The Kier molecular flexibility index (Phi) is 7.83. The fourth-order valence-electron chi connectivity index (χ4n) is 5.68. The summed E-state index contributed by atoms with van der Waals surface area (Å²) < 4.78 is 34.0. The molecule has 1 amide bonds. The third kappa shape index (κ3) is 5.21. The normalized spacial score (nSPS) is 19.1. The molecular formula is C30H35N3O4S. The van der Waals surface area contributed by atoms with Gasteiger partial charge in [-0.05, 0) is 42.5 Å². The monoisotopic (exact) mass is 533 g/mol. The highest BCUT2D eigenvalue weighted by molar-refractivity contribution is 7.89. The van der Waals surface area contributed by atoms with Gasteiger partial charge in [0.15, 0.2) is 0 Å². The molecular weight excluding hydrogens is 498 g/mol. The van der Waals surface area contributed by atoms with E-state index in [2.05, 4.69) is 53.4 Å². The molecule has 2 fully saturated rings. The van der Waals surface area contributed by atoms with E-state index in [4.69, 9.17) is 4.74 Å². The second-order valence-electron chi connectivity index (χ2n) is 9.99. The molecule has 0 radical (unpaired) electrons. The van der Waals surface area contributed by atoms with E-state index in [0.29, 0.717) is 56.9 Å². The lowest BCUT2D eigenvalue weighted by Crippen LogP contribution is -2.54. The van der Waals surface area contributed by atoms with Gasteiger partial charge in [-0.2, -0.15) is 4.31 Å². The number of benzene rings is 3. The largest absolute Gasteiger partial charge is 0.497 e. The lowest BCUT2D eigenvalue weighted by molar-refractivity contribution is -0.136. The van der Waals surface area contributed by atoms with Gasteiger partial charge in [0.05, 0.1) is 18.0 Å². The first-order valence-corrected chi connectivity index (χ1v) is 14.6. The Bertz CT molecular complexity index is 1320. The molecule has 2 aliphatic rings. The van der Waals surface area contributed by atoms with Crippen molar-refractivity contribution in [1.82, 2.24) is 14.1 Å². The zero-order valence-electron chi connectivity index (χ0n) is 22.0. The van der Waals surface area contributed by atoms with E-state index in [-0.39, 0.29) is 16.8 Å². The zero-order chi connectivity index (χ0) is 26.7. The topological polar surface area (TPSA) is 70.2 Å². The summed E-state index contributed by atoms with van der Waals surface area (Å²) in [5.41, 5.74) is 3.09. The van der Waals surface area contributed by atoms with E-state index < -0.39 is 16.1 Å². The molecule has 2 heterocycles. The highest BCUT2D eigenvalue weighted by atomic mass is 32.2. The summed E-state index contributed by atoms with van der Waals surface area (Å²) in [5.74, 6) is 0.390. The van der Waals surface area contributed by atoms with Crippen molar-refractivity contribution in [2.45, 2.75) is 36.7 Å². The van der Waals surface area contributed by atoms with Crippen molar-refractivity contribution in [1.29, 1.82) is 0 Å². The molecule has 2 saturated heterocycles. The number of sulfonamides is 1. The van der Waals surface area contributed by atoms with Crippen LogP contribution in [0, 0.1) is 6.92 Å². The molecule has 1 unspecified atom stereocenters. The van der Waals surface area contributed by atoms with Crippen LogP contribution in [0.3, 0.4) is 0 Å². The molecule has 8 heteroatoms. The summed E-state index contributed by atoms with van der Waals surface area (Å²) in [6.45, 7) is 4.69. The predicted octanol–water partition coefficient (Wildman–Crippen LogP) is 4.09. The number of hydrogen-bond acceptors (Lipinski definition) is 5. The molecule has 0 saturated carbocycles. The molecule has 3 aromatic carbocycles. The van der Waals surface area contributed by atoms with Crippen molar-refractivity contribution in [3.05, 3.63) is 95.6 Å². The Morgan fingerprint density at radius 2 is 1.47 bits per heavy atom. The first-order valence-electron chi connectivity index (χ1n) is 13.2. The van der Waals surface area contributed by atoms with Crippen LogP contribution in [0.4, 0.5) is 0 Å². The lowest BCUT2D eigenvalue weighted by Gasteiger charge is -2.41. The Hall–Kier alpha value is -3.20. The van der Waals surface area contributed by atoms with Crippen LogP contribution in [-0.2, 0) is 14.8 Å². The maximum absolute atomic E-state index is 13.7. The smallest absolute Gasteiger partial charge is 0.244 e. The van der Waals surface area contributed by atoms with Crippen LogP contribution in [-0.4, -0.2) is 74.3 Å². The van der Waals surface area contributed by atoms with E-state index in [1.165, 1.54) is 22.5 Å².